The largest absolute Gasteiger partial charge is 0.480 e. The van der Waals surface area contributed by atoms with Crippen molar-refractivity contribution in [3.8, 4) is 0 Å². The van der Waals surface area contributed by atoms with Crippen LogP contribution in [-0.2, 0) is 9.53 Å². The van der Waals surface area contributed by atoms with Crippen LogP contribution in [0.25, 0.3) is 0 Å². The Hall–Kier alpha value is -1.86. The van der Waals surface area contributed by atoms with E-state index in [-0.39, 0.29) is 23.8 Å². The Balaban J connectivity index is 1.89. The molecule has 0 aromatic heterocycles. The third kappa shape index (κ3) is 3.62. The molecule has 0 bridgehead atoms. The van der Waals surface area contributed by atoms with Crippen LogP contribution in [0, 0.1) is 5.82 Å². The highest BCUT2D eigenvalue weighted by Gasteiger charge is 2.43. The lowest BCUT2D eigenvalue weighted by atomic mass is 9.97. The lowest BCUT2D eigenvalue weighted by Crippen LogP contribution is -2.64. The number of nitrogens with zero attached hydrogens (tertiary/aromatic N) is 1. The minimum atomic E-state index is -1.07. The maximum Gasteiger partial charge on any atom is 0.329 e. The highest BCUT2D eigenvalue weighted by molar-refractivity contribution is 6.31. The summed E-state index contributed by atoms with van der Waals surface area (Å²) in [6.07, 6.45) is 0. The van der Waals surface area contributed by atoms with E-state index in [1.54, 1.807) is 6.92 Å². The zero-order valence-electron chi connectivity index (χ0n) is 11.2. The number of ether oxygens (including phenoxy) is 1. The number of urea groups is 1. The number of halogens is 2. The summed E-state index contributed by atoms with van der Waals surface area (Å²) in [6.45, 7) is 1.75. The molecule has 1 aromatic carbocycles. The second-order valence-electron chi connectivity index (χ2n) is 5.02. The first-order valence-corrected chi connectivity index (χ1v) is 6.54. The van der Waals surface area contributed by atoms with Gasteiger partial charge in [-0.1, -0.05) is 17.7 Å². The van der Waals surface area contributed by atoms with Gasteiger partial charge < -0.3 is 20.1 Å². The van der Waals surface area contributed by atoms with Gasteiger partial charge in [0.25, 0.3) is 0 Å². The number of carboxylic acids is 1. The molecule has 1 aromatic rings. The second kappa shape index (κ2) is 5.87. The van der Waals surface area contributed by atoms with Crippen LogP contribution in [0.4, 0.5) is 14.9 Å². The number of nitrogens with one attached hydrogen (secondary N) is 1. The molecule has 0 radical (unpaired) electrons. The minimum Gasteiger partial charge on any atom is -0.480 e. The zero-order chi connectivity index (χ0) is 15.6. The van der Waals surface area contributed by atoms with Crippen LogP contribution in [0.1, 0.15) is 6.92 Å². The summed E-state index contributed by atoms with van der Waals surface area (Å²) in [7, 11) is 0. The molecule has 0 atom stereocenters. The lowest BCUT2D eigenvalue weighted by molar-refractivity contribution is -0.159. The van der Waals surface area contributed by atoms with Crippen molar-refractivity contribution in [1.29, 1.82) is 0 Å². The van der Waals surface area contributed by atoms with Crippen LogP contribution in [0.5, 0.6) is 0 Å². The van der Waals surface area contributed by atoms with E-state index in [4.69, 9.17) is 21.4 Å². The van der Waals surface area contributed by atoms with Crippen LogP contribution in [0.2, 0.25) is 5.02 Å². The van der Waals surface area contributed by atoms with Crippen molar-refractivity contribution in [1.82, 2.24) is 4.90 Å². The number of hydrogen-bond acceptors (Lipinski definition) is 3. The second-order valence-corrected chi connectivity index (χ2v) is 5.43. The molecule has 8 heteroatoms. The van der Waals surface area contributed by atoms with Crippen LogP contribution in [0.3, 0.4) is 0 Å². The average Bonchev–Trinajstić information content (AvgIpc) is 2.38. The zero-order valence-corrected chi connectivity index (χ0v) is 12.0. The van der Waals surface area contributed by atoms with E-state index < -0.39 is 30.0 Å². The van der Waals surface area contributed by atoms with E-state index in [9.17, 15) is 14.0 Å². The van der Waals surface area contributed by atoms with Crippen LogP contribution in [0.15, 0.2) is 18.2 Å². The highest BCUT2D eigenvalue weighted by Crippen LogP contribution is 2.27. The normalized spacial score (nSPS) is 16.2. The molecule has 0 unspecified atom stereocenters. The molecule has 1 aliphatic rings. The van der Waals surface area contributed by atoms with Gasteiger partial charge in [-0.25, -0.2) is 14.0 Å². The van der Waals surface area contributed by atoms with E-state index in [0.717, 1.165) is 0 Å². The van der Waals surface area contributed by atoms with Gasteiger partial charge in [0.15, 0.2) is 5.82 Å². The van der Waals surface area contributed by atoms with Gasteiger partial charge in [-0.2, -0.15) is 0 Å². The topological polar surface area (TPSA) is 78.9 Å². The summed E-state index contributed by atoms with van der Waals surface area (Å²) in [6, 6.07) is 3.82. The van der Waals surface area contributed by atoms with Crippen molar-refractivity contribution < 1.29 is 23.8 Å². The lowest BCUT2D eigenvalue weighted by Gasteiger charge is -2.46. The molecule has 114 valence electrons. The summed E-state index contributed by atoms with van der Waals surface area (Å²) >= 11 is 5.63. The molecule has 0 saturated carbocycles. The monoisotopic (exact) mass is 316 g/mol. The predicted molar refractivity (Wildman–Crippen MR) is 74.0 cm³/mol. The van der Waals surface area contributed by atoms with Crippen LogP contribution >= 0.6 is 11.6 Å². The molecule has 1 fully saturated rings. The first-order valence-electron chi connectivity index (χ1n) is 6.16. The number of rotatable bonds is 4. The van der Waals surface area contributed by atoms with Gasteiger partial charge in [0.1, 0.15) is 12.2 Å². The number of aliphatic carboxylic acids is 1. The van der Waals surface area contributed by atoms with E-state index in [2.05, 4.69) is 5.32 Å². The molecule has 1 saturated heterocycles. The van der Waals surface area contributed by atoms with Crippen LogP contribution < -0.4 is 5.32 Å². The van der Waals surface area contributed by atoms with Gasteiger partial charge in [-0.3, -0.25) is 0 Å². The van der Waals surface area contributed by atoms with E-state index in [0.29, 0.717) is 0 Å². The summed E-state index contributed by atoms with van der Waals surface area (Å²) < 4.78 is 18.8. The number of amides is 2. The maximum absolute atomic E-state index is 13.7. The molecular formula is C13H14ClFN2O4. The fraction of sp³-hybridized carbons (Fsp3) is 0.385. The average molecular weight is 317 g/mol. The Morgan fingerprint density at radius 2 is 2.19 bits per heavy atom. The van der Waals surface area contributed by atoms with E-state index in [1.165, 1.54) is 23.1 Å². The molecule has 2 amide bonds. The summed E-state index contributed by atoms with van der Waals surface area (Å²) in [4.78, 5) is 23.7. The number of likely N-dealkylation sites (tertiary alicyclic amines) is 1. The maximum atomic E-state index is 13.7. The van der Waals surface area contributed by atoms with Crippen molar-refractivity contribution in [3.05, 3.63) is 29.0 Å². The summed E-state index contributed by atoms with van der Waals surface area (Å²) in [5.41, 5.74) is -0.699. The molecule has 2 N–H and O–H groups in total. The number of carbonyl (C=O) groups excluding carboxylic acids is 1. The highest BCUT2D eigenvalue weighted by atomic mass is 35.5. The first-order chi connectivity index (χ1) is 9.81. The van der Waals surface area contributed by atoms with E-state index in [1.807, 2.05) is 0 Å². The van der Waals surface area contributed by atoms with Crippen LogP contribution in [-0.4, -0.2) is 47.3 Å². The van der Waals surface area contributed by atoms with Crippen molar-refractivity contribution in [2.75, 3.05) is 25.0 Å². The molecule has 0 spiro atoms. The van der Waals surface area contributed by atoms with Gasteiger partial charge >= 0.3 is 12.0 Å². The molecule has 0 aliphatic carbocycles. The first kappa shape index (κ1) is 15.5. The summed E-state index contributed by atoms with van der Waals surface area (Å²) in [5, 5.41) is 10.9. The van der Waals surface area contributed by atoms with Gasteiger partial charge in [-0.05, 0) is 19.1 Å². The molecular weight excluding hydrogens is 303 g/mol. The predicted octanol–water partition coefficient (Wildman–Crippen LogP) is 2.19. The van der Waals surface area contributed by atoms with Gasteiger partial charge in [0.2, 0.25) is 0 Å². The Morgan fingerprint density at radius 3 is 2.81 bits per heavy atom. The van der Waals surface area contributed by atoms with Gasteiger partial charge in [0, 0.05) is 0 Å². The molecule has 21 heavy (non-hydrogen) atoms. The summed E-state index contributed by atoms with van der Waals surface area (Å²) in [5.74, 6) is -1.77. The van der Waals surface area contributed by atoms with E-state index >= 15 is 0 Å². The fourth-order valence-electron chi connectivity index (χ4n) is 2.03. The van der Waals surface area contributed by atoms with Crippen molar-refractivity contribution in [2.45, 2.75) is 12.5 Å². The molecule has 1 aliphatic heterocycles. The number of carbonyl (C=O) groups is 2. The number of anilines is 1. The Labute approximate surface area is 125 Å². The number of benzene rings is 1. The Kier molecular flexibility index (Phi) is 4.34. The van der Waals surface area contributed by atoms with Gasteiger partial charge in [-0.15, -0.1) is 0 Å². The van der Waals surface area contributed by atoms with Crippen molar-refractivity contribution in [2.24, 2.45) is 0 Å². The third-order valence-electron chi connectivity index (χ3n) is 3.08. The Bertz CT molecular complexity index is 575. The molecule has 2 rings (SSSR count). The molecule has 6 nitrogen and oxygen atoms in total. The fourth-order valence-corrected chi connectivity index (χ4v) is 2.20. The third-order valence-corrected chi connectivity index (χ3v) is 3.37. The smallest absolute Gasteiger partial charge is 0.329 e. The standard InChI is InChI=1S/C13H14ClFN2O4/c1-13(21-5-10(18)19)6-17(7-13)12(20)16-9-4-2-3-8(14)11(9)15/h2-4H,5-7H2,1H3,(H,16,20)(H,18,19). The number of hydrogen-bond donors (Lipinski definition) is 2. The quantitative estimate of drug-likeness (QED) is 0.892. The number of carboxylic acid groups (broad SMARTS) is 1. The Morgan fingerprint density at radius 1 is 1.52 bits per heavy atom. The van der Waals surface area contributed by atoms with Gasteiger partial charge in [0.05, 0.1) is 23.8 Å². The van der Waals surface area contributed by atoms with Crippen molar-refractivity contribution >= 4 is 29.3 Å². The minimum absolute atomic E-state index is 0.00689. The molecule has 1 heterocycles. The van der Waals surface area contributed by atoms with Crippen molar-refractivity contribution in [3.63, 3.8) is 0 Å². The SMILES string of the molecule is CC1(OCC(=O)O)CN(C(=O)Nc2cccc(Cl)c2F)C1.